The first-order valence-electron chi connectivity index (χ1n) is 10.4. The summed E-state index contributed by atoms with van der Waals surface area (Å²) in [5.41, 5.74) is 3.33. The number of carbonyl (C=O) groups is 2. The molecule has 7 heteroatoms. The van der Waals surface area contributed by atoms with Gasteiger partial charge in [0.25, 0.3) is 5.91 Å². The average molecular weight is 453 g/mol. The van der Waals surface area contributed by atoms with Gasteiger partial charge in [-0.15, -0.1) is 0 Å². The maximum absolute atomic E-state index is 12.6. The van der Waals surface area contributed by atoms with Crippen LogP contribution in [0.3, 0.4) is 0 Å². The molecule has 162 valence electrons. The van der Waals surface area contributed by atoms with Gasteiger partial charge in [0.2, 0.25) is 5.91 Å². The Morgan fingerprint density at radius 3 is 2.45 bits per heavy atom. The second-order valence-corrected chi connectivity index (χ2v) is 8.49. The average Bonchev–Trinajstić information content (AvgIpc) is 3.35. The predicted molar refractivity (Wildman–Crippen MR) is 134 cm³/mol. The van der Waals surface area contributed by atoms with Gasteiger partial charge in [-0.25, -0.2) is 4.99 Å². The largest absolute Gasteiger partial charge is 0.337 e. The maximum Gasteiger partial charge on any atom is 0.264 e. The smallest absolute Gasteiger partial charge is 0.264 e. The van der Waals surface area contributed by atoms with Crippen LogP contribution in [0.25, 0.3) is 17.0 Å². The fraction of sp³-hybridized carbons (Fsp3) is 0.0385. The summed E-state index contributed by atoms with van der Waals surface area (Å²) in [6, 6.07) is 26.7. The van der Waals surface area contributed by atoms with Crippen molar-refractivity contribution >= 4 is 57.1 Å². The van der Waals surface area contributed by atoms with Crippen LogP contribution < -0.4 is 10.6 Å². The summed E-state index contributed by atoms with van der Waals surface area (Å²) in [5.74, 6) is -0.306. The lowest BCUT2D eigenvalue weighted by atomic mass is 10.1. The lowest BCUT2D eigenvalue weighted by Crippen LogP contribution is -2.19. The number of thioether (sulfide) groups is 1. The fourth-order valence-corrected chi connectivity index (χ4v) is 4.47. The molecular formula is C26H20N4O2S. The number of para-hydroxylation sites is 3. The Bertz CT molecular complexity index is 1390. The number of fused-ring (bicyclic) bond motifs is 1. The zero-order chi connectivity index (χ0) is 22.6. The SMILES string of the molecule is O=C(Cn1cc(/C=C2/SC(=Nc3ccccc3)NC2=O)c2ccccc21)Nc1ccccc1. The molecule has 2 amide bonds. The second kappa shape index (κ2) is 9.18. The molecule has 0 atom stereocenters. The van der Waals surface area contributed by atoms with Gasteiger partial charge in [-0.05, 0) is 48.2 Å². The Balaban J connectivity index is 1.41. The van der Waals surface area contributed by atoms with Gasteiger partial charge in [-0.1, -0.05) is 54.6 Å². The molecule has 4 aromatic rings. The molecule has 1 aromatic heterocycles. The highest BCUT2D eigenvalue weighted by Gasteiger charge is 2.24. The highest BCUT2D eigenvalue weighted by atomic mass is 32.2. The molecule has 2 heterocycles. The number of carbonyl (C=O) groups excluding carboxylic acids is 2. The second-order valence-electron chi connectivity index (χ2n) is 7.46. The topological polar surface area (TPSA) is 75.5 Å². The summed E-state index contributed by atoms with van der Waals surface area (Å²) in [4.78, 5) is 30.2. The van der Waals surface area contributed by atoms with E-state index in [4.69, 9.17) is 0 Å². The van der Waals surface area contributed by atoms with E-state index in [0.29, 0.717) is 10.1 Å². The predicted octanol–water partition coefficient (Wildman–Crippen LogP) is 5.17. The van der Waals surface area contributed by atoms with E-state index in [-0.39, 0.29) is 18.4 Å². The zero-order valence-electron chi connectivity index (χ0n) is 17.6. The third-order valence-electron chi connectivity index (χ3n) is 5.12. The highest BCUT2D eigenvalue weighted by Crippen LogP contribution is 2.31. The number of amides is 2. The van der Waals surface area contributed by atoms with Crippen LogP contribution in [-0.4, -0.2) is 21.5 Å². The molecule has 6 nitrogen and oxygen atoms in total. The summed E-state index contributed by atoms with van der Waals surface area (Å²) >= 11 is 1.30. The lowest BCUT2D eigenvalue weighted by molar-refractivity contribution is -0.117. The summed E-state index contributed by atoms with van der Waals surface area (Å²) in [5, 5.41) is 7.25. The Morgan fingerprint density at radius 1 is 0.970 bits per heavy atom. The van der Waals surface area contributed by atoms with Crippen LogP contribution in [0.15, 0.2) is 101 Å². The van der Waals surface area contributed by atoms with Crippen molar-refractivity contribution in [1.29, 1.82) is 0 Å². The van der Waals surface area contributed by atoms with Gasteiger partial charge in [0.1, 0.15) is 6.54 Å². The molecule has 0 spiro atoms. The van der Waals surface area contributed by atoms with Crippen molar-refractivity contribution in [1.82, 2.24) is 9.88 Å². The van der Waals surface area contributed by atoms with Gasteiger partial charge in [0, 0.05) is 28.4 Å². The highest BCUT2D eigenvalue weighted by molar-refractivity contribution is 8.18. The number of aromatic nitrogens is 1. The minimum Gasteiger partial charge on any atom is -0.337 e. The number of hydrogen-bond donors (Lipinski definition) is 2. The van der Waals surface area contributed by atoms with E-state index in [2.05, 4.69) is 15.6 Å². The number of nitrogens with one attached hydrogen (secondary N) is 2. The van der Waals surface area contributed by atoms with Crippen molar-refractivity contribution in [3.8, 4) is 0 Å². The van der Waals surface area contributed by atoms with Crippen LogP contribution in [0.1, 0.15) is 5.56 Å². The van der Waals surface area contributed by atoms with E-state index in [1.807, 2.05) is 102 Å². The zero-order valence-corrected chi connectivity index (χ0v) is 18.4. The molecule has 33 heavy (non-hydrogen) atoms. The van der Waals surface area contributed by atoms with Gasteiger partial charge in [0.05, 0.1) is 10.6 Å². The van der Waals surface area contributed by atoms with Gasteiger partial charge in [-0.3, -0.25) is 9.59 Å². The molecule has 1 saturated heterocycles. The van der Waals surface area contributed by atoms with Crippen molar-refractivity contribution in [3.63, 3.8) is 0 Å². The number of benzene rings is 3. The van der Waals surface area contributed by atoms with Crippen LogP contribution in [0.5, 0.6) is 0 Å². The van der Waals surface area contributed by atoms with Crippen LogP contribution in [0, 0.1) is 0 Å². The number of rotatable bonds is 5. The summed E-state index contributed by atoms with van der Waals surface area (Å²) in [6.45, 7) is 0.165. The molecule has 5 rings (SSSR count). The van der Waals surface area contributed by atoms with Crippen molar-refractivity contribution in [2.24, 2.45) is 4.99 Å². The van der Waals surface area contributed by atoms with E-state index in [1.54, 1.807) is 0 Å². The molecule has 0 saturated carbocycles. The third kappa shape index (κ3) is 4.73. The number of hydrogen-bond acceptors (Lipinski definition) is 4. The monoisotopic (exact) mass is 452 g/mol. The van der Waals surface area contributed by atoms with Gasteiger partial charge >= 0.3 is 0 Å². The molecule has 3 aromatic carbocycles. The van der Waals surface area contributed by atoms with Gasteiger partial charge in [-0.2, -0.15) is 0 Å². The van der Waals surface area contributed by atoms with Crippen LogP contribution in [-0.2, 0) is 16.1 Å². The van der Waals surface area contributed by atoms with Crippen LogP contribution in [0.4, 0.5) is 11.4 Å². The lowest BCUT2D eigenvalue weighted by Gasteiger charge is -2.07. The Kier molecular flexibility index (Phi) is 5.78. The summed E-state index contributed by atoms with van der Waals surface area (Å²) < 4.78 is 1.90. The number of amidine groups is 1. The van der Waals surface area contributed by atoms with E-state index < -0.39 is 0 Å². The first-order valence-corrected chi connectivity index (χ1v) is 11.2. The number of nitrogens with zero attached hydrogens (tertiary/aromatic N) is 2. The van der Waals surface area contributed by atoms with Crippen molar-refractivity contribution < 1.29 is 9.59 Å². The molecule has 1 fully saturated rings. The van der Waals surface area contributed by atoms with Crippen LogP contribution >= 0.6 is 11.8 Å². The molecule has 0 radical (unpaired) electrons. The van der Waals surface area contributed by atoms with E-state index >= 15 is 0 Å². The standard InChI is InChI=1S/C26H20N4O2S/c31-24(27-19-9-3-1-4-10-19)17-30-16-18(21-13-7-8-14-22(21)30)15-23-25(32)29-26(33-23)28-20-11-5-2-6-12-20/h1-16H,17H2,(H,27,31)(H,28,29,32)/b23-15+. The minimum atomic E-state index is -0.187. The summed E-state index contributed by atoms with van der Waals surface area (Å²) in [6.07, 6.45) is 3.75. The van der Waals surface area contributed by atoms with E-state index in [0.717, 1.165) is 27.8 Å². The molecule has 2 N–H and O–H groups in total. The Labute approximate surface area is 195 Å². The third-order valence-corrected chi connectivity index (χ3v) is 6.03. The van der Waals surface area contributed by atoms with Crippen molar-refractivity contribution in [3.05, 3.63) is 102 Å². The van der Waals surface area contributed by atoms with Crippen molar-refractivity contribution in [2.45, 2.75) is 6.54 Å². The normalized spacial score (nSPS) is 15.8. The van der Waals surface area contributed by atoms with Gasteiger partial charge < -0.3 is 15.2 Å². The molecular weight excluding hydrogens is 432 g/mol. The number of aliphatic imine (C=N–C) groups is 1. The van der Waals surface area contributed by atoms with Crippen LogP contribution in [0.2, 0.25) is 0 Å². The van der Waals surface area contributed by atoms with Gasteiger partial charge in [0.15, 0.2) is 5.17 Å². The molecule has 0 bridgehead atoms. The molecule has 0 aliphatic carbocycles. The number of anilines is 1. The van der Waals surface area contributed by atoms with E-state index in [1.165, 1.54) is 11.8 Å². The molecule has 1 aliphatic heterocycles. The quantitative estimate of drug-likeness (QED) is 0.410. The summed E-state index contributed by atoms with van der Waals surface area (Å²) in [7, 11) is 0. The molecule has 0 unspecified atom stereocenters. The molecule has 1 aliphatic rings. The Morgan fingerprint density at radius 2 is 1.67 bits per heavy atom. The first-order chi connectivity index (χ1) is 16.2. The van der Waals surface area contributed by atoms with E-state index in [9.17, 15) is 9.59 Å². The maximum atomic E-state index is 12.6. The van der Waals surface area contributed by atoms with Crippen molar-refractivity contribution in [2.75, 3.05) is 5.32 Å². The fourth-order valence-electron chi connectivity index (χ4n) is 3.64. The minimum absolute atomic E-state index is 0.119. The first kappa shape index (κ1) is 20.8. The Hall–Kier alpha value is -4.10.